The number of carbonyl (C=O) groups is 2. The summed E-state index contributed by atoms with van der Waals surface area (Å²) in [6, 6.07) is 12.4. The van der Waals surface area contributed by atoms with Crippen LogP contribution in [0.3, 0.4) is 0 Å². The van der Waals surface area contributed by atoms with Crippen molar-refractivity contribution in [2.24, 2.45) is 0 Å². The van der Waals surface area contributed by atoms with Crippen LogP contribution in [-0.2, 0) is 4.79 Å². The first-order valence-corrected chi connectivity index (χ1v) is 8.21. The smallest absolute Gasteiger partial charge is 0.262 e. The van der Waals surface area contributed by atoms with Crippen LogP contribution < -0.4 is 15.0 Å². The number of benzene rings is 2. The van der Waals surface area contributed by atoms with E-state index in [2.05, 4.69) is 5.32 Å². The Morgan fingerprint density at radius 2 is 1.92 bits per heavy atom. The van der Waals surface area contributed by atoms with E-state index < -0.39 is 11.9 Å². The Morgan fingerprint density at radius 1 is 1.20 bits per heavy atom. The topological polar surface area (TPSA) is 58.6 Å². The van der Waals surface area contributed by atoms with Gasteiger partial charge in [0.05, 0.1) is 12.2 Å². The average Bonchev–Trinajstić information content (AvgIpc) is 2.65. The number of amides is 2. The number of nitrogens with one attached hydrogen (secondary N) is 1. The Hall–Kier alpha value is -2.89. The van der Waals surface area contributed by atoms with E-state index in [0.29, 0.717) is 23.5 Å². The van der Waals surface area contributed by atoms with E-state index in [1.807, 2.05) is 6.92 Å². The van der Waals surface area contributed by atoms with Crippen LogP contribution in [0.5, 0.6) is 5.75 Å². The molecule has 0 radical (unpaired) electrons. The Kier molecular flexibility index (Phi) is 4.97. The number of carbonyl (C=O) groups excluding carboxylic acids is 2. The normalized spacial score (nSPS) is 15.9. The van der Waals surface area contributed by atoms with Crippen molar-refractivity contribution < 1.29 is 18.7 Å². The first-order valence-electron chi connectivity index (χ1n) is 8.21. The molecule has 1 aliphatic rings. The molecular formula is C19H19FN2O3. The van der Waals surface area contributed by atoms with E-state index >= 15 is 0 Å². The van der Waals surface area contributed by atoms with E-state index in [0.717, 1.165) is 6.42 Å². The van der Waals surface area contributed by atoms with Crippen molar-refractivity contribution in [1.29, 1.82) is 0 Å². The fraction of sp³-hybridized carbons (Fsp3) is 0.263. The zero-order valence-corrected chi connectivity index (χ0v) is 13.9. The number of para-hydroxylation sites is 2. The molecule has 0 spiro atoms. The lowest BCUT2D eigenvalue weighted by Gasteiger charge is -2.34. The van der Waals surface area contributed by atoms with Crippen molar-refractivity contribution in [1.82, 2.24) is 5.32 Å². The van der Waals surface area contributed by atoms with Gasteiger partial charge in [0.1, 0.15) is 11.6 Å². The number of nitrogens with zero attached hydrogens (tertiary/aromatic N) is 1. The molecule has 0 saturated heterocycles. The van der Waals surface area contributed by atoms with Gasteiger partial charge >= 0.3 is 0 Å². The van der Waals surface area contributed by atoms with Crippen molar-refractivity contribution in [2.75, 3.05) is 18.0 Å². The van der Waals surface area contributed by atoms with E-state index in [4.69, 9.17) is 4.74 Å². The molecule has 0 bridgehead atoms. The molecule has 2 aromatic rings. The van der Waals surface area contributed by atoms with Crippen molar-refractivity contribution in [3.8, 4) is 5.75 Å². The van der Waals surface area contributed by atoms with Crippen LogP contribution in [0.15, 0.2) is 48.5 Å². The molecule has 1 N–H and O–H groups in total. The second-order valence-electron chi connectivity index (χ2n) is 5.79. The number of ether oxygens (including phenoxy) is 1. The maximum Gasteiger partial charge on any atom is 0.262 e. The average molecular weight is 342 g/mol. The van der Waals surface area contributed by atoms with Crippen LogP contribution in [0.4, 0.5) is 10.1 Å². The van der Waals surface area contributed by atoms with Crippen LogP contribution in [0.25, 0.3) is 0 Å². The van der Waals surface area contributed by atoms with Gasteiger partial charge in [0.15, 0.2) is 6.10 Å². The Bertz CT molecular complexity index is 776. The maximum absolute atomic E-state index is 13.1. The minimum atomic E-state index is -0.786. The highest BCUT2D eigenvalue weighted by molar-refractivity contribution is 6.07. The van der Waals surface area contributed by atoms with Gasteiger partial charge in [-0.05, 0) is 42.8 Å². The van der Waals surface area contributed by atoms with Gasteiger partial charge in [-0.1, -0.05) is 19.1 Å². The van der Waals surface area contributed by atoms with Gasteiger partial charge < -0.3 is 15.0 Å². The second-order valence-corrected chi connectivity index (χ2v) is 5.79. The lowest BCUT2D eigenvalue weighted by Crippen LogP contribution is -2.50. The molecule has 3 rings (SSSR count). The number of rotatable bonds is 4. The van der Waals surface area contributed by atoms with Gasteiger partial charge in [-0.2, -0.15) is 0 Å². The summed E-state index contributed by atoms with van der Waals surface area (Å²) in [5.74, 6) is -0.492. The molecule has 0 saturated carbocycles. The number of anilines is 1. The van der Waals surface area contributed by atoms with Gasteiger partial charge in [0.2, 0.25) is 0 Å². The standard InChI is InChI=1S/C19H19FN2O3/c1-2-11-21-18(23)17-12-22(15-5-3-4-6-16(15)25-17)19(24)13-7-9-14(20)10-8-13/h3-10,17H,2,11-12H2,1H3,(H,21,23)/t17-/m0/s1. The van der Waals surface area contributed by atoms with Gasteiger partial charge in [-0.15, -0.1) is 0 Å². The van der Waals surface area contributed by atoms with Crippen LogP contribution >= 0.6 is 0 Å². The molecule has 0 aromatic heterocycles. The van der Waals surface area contributed by atoms with Crippen molar-refractivity contribution in [3.05, 3.63) is 59.9 Å². The molecule has 25 heavy (non-hydrogen) atoms. The van der Waals surface area contributed by atoms with Gasteiger partial charge in [-0.3, -0.25) is 9.59 Å². The molecule has 1 atom stereocenters. The quantitative estimate of drug-likeness (QED) is 0.929. The number of hydrogen-bond donors (Lipinski definition) is 1. The molecule has 130 valence electrons. The summed E-state index contributed by atoms with van der Waals surface area (Å²) >= 11 is 0. The summed E-state index contributed by atoms with van der Waals surface area (Å²) in [5.41, 5.74) is 0.946. The largest absolute Gasteiger partial charge is 0.477 e. The highest BCUT2D eigenvalue weighted by Gasteiger charge is 2.33. The Morgan fingerprint density at radius 3 is 2.64 bits per heavy atom. The Labute approximate surface area is 145 Å². The van der Waals surface area contributed by atoms with Crippen LogP contribution in [0.1, 0.15) is 23.7 Å². The van der Waals surface area contributed by atoms with Crippen molar-refractivity contribution in [2.45, 2.75) is 19.4 Å². The summed E-state index contributed by atoms with van der Waals surface area (Å²) < 4.78 is 18.9. The fourth-order valence-electron chi connectivity index (χ4n) is 2.67. The third-order valence-electron chi connectivity index (χ3n) is 3.95. The highest BCUT2D eigenvalue weighted by Crippen LogP contribution is 2.34. The minimum Gasteiger partial charge on any atom is -0.477 e. The molecule has 2 aromatic carbocycles. The molecule has 6 heteroatoms. The molecule has 1 heterocycles. The third-order valence-corrected chi connectivity index (χ3v) is 3.95. The zero-order chi connectivity index (χ0) is 17.8. The third kappa shape index (κ3) is 3.63. The summed E-state index contributed by atoms with van der Waals surface area (Å²) in [7, 11) is 0. The predicted octanol–water partition coefficient (Wildman–Crippen LogP) is 2.76. The minimum absolute atomic E-state index is 0.1000. The summed E-state index contributed by atoms with van der Waals surface area (Å²) in [5, 5.41) is 2.79. The van der Waals surface area contributed by atoms with Crippen LogP contribution in [0.2, 0.25) is 0 Å². The zero-order valence-electron chi connectivity index (χ0n) is 13.9. The maximum atomic E-state index is 13.1. The van der Waals surface area contributed by atoms with Crippen LogP contribution in [-0.4, -0.2) is 31.0 Å². The molecule has 0 aliphatic carbocycles. The molecule has 1 aliphatic heterocycles. The first-order chi connectivity index (χ1) is 12.1. The lowest BCUT2D eigenvalue weighted by molar-refractivity contribution is -0.127. The Balaban J connectivity index is 1.89. The van der Waals surface area contributed by atoms with E-state index in [-0.39, 0.29) is 18.4 Å². The summed E-state index contributed by atoms with van der Waals surface area (Å²) in [4.78, 5) is 26.7. The van der Waals surface area contributed by atoms with Crippen molar-refractivity contribution in [3.63, 3.8) is 0 Å². The molecule has 5 nitrogen and oxygen atoms in total. The molecule has 2 amide bonds. The fourth-order valence-corrected chi connectivity index (χ4v) is 2.67. The number of fused-ring (bicyclic) bond motifs is 1. The lowest BCUT2D eigenvalue weighted by atomic mass is 10.1. The van der Waals surface area contributed by atoms with E-state index in [9.17, 15) is 14.0 Å². The monoisotopic (exact) mass is 342 g/mol. The molecule has 0 fully saturated rings. The second kappa shape index (κ2) is 7.34. The van der Waals surface area contributed by atoms with E-state index in [1.54, 1.807) is 24.3 Å². The van der Waals surface area contributed by atoms with E-state index in [1.165, 1.54) is 29.2 Å². The summed E-state index contributed by atoms with van der Waals surface area (Å²) in [6.07, 6.45) is 0.0265. The summed E-state index contributed by atoms with van der Waals surface area (Å²) in [6.45, 7) is 2.61. The predicted molar refractivity (Wildman–Crippen MR) is 92.2 cm³/mol. The highest BCUT2D eigenvalue weighted by atomic mass is 19.1. The molecule has 0 unspecified atom stereocenters. The first kappa shape index (κ1) is 17.0. The number of halogens is 1. The van der Waals surface area contributed by atoms with Gasteiger partial charge in [0, 0.05) is 12.1 Å². The SMILES string of the molecule is CCCNC(=O)[C@@H]1CN(C(=O)c2ccc(F)cc2)c2ccccc2O1. The molecular weight excluding hydrogens is 323 g/mol. The van der Waals surface area contributed by atoms with Gasteiger partial charge in [-0.25, -0.2) is 4.39 Å². The number of hydrogen-bond acceptors (Lipinski definition) is 3. The van der Waals surface area contributed by atoms with Gasteiger partial charge in [0.25, 0.3) is 11.8 Å². The van der Waals surface area contributed by atoms with Crippen molar-refractivity contribution >= 4 is 17.5 Å². The van der Waals surface area contributed by atoms with Crippen LogP contribution in [0, 0.1) is 5.82 Å².